The van der Waals surface area contributed by atoms with Crippen LogP contribution < -0.4 is 5.63 Å². The van der Waals surface area contributed by atoms with Crippen LogP contribution in [0.15, 0.2) is 44.4 Å². The van der Waals surface area contributed by atoms with Crippen LogP contribution in [-0.2, 0) is 9.47 Å². The highest BCUT2D eigenvalue weighted by molar-refractivity contribution is 5.31. The second kappa shape index (κ2) is 9.72. The fourth-order valence-corrected chi connectivity index (χ4v) is 9.11. The van der Waals surface area contributed by atoms with Gasteiger partial charge in [-0.3, -0.25) is 0 Å². The van der Waals surface area contributed by atoms with E-state index in [-0.39, 0.29) is 41.0 Å². The summed E-state index contributed by atoms with van der Waals surface area (Å²) in [7, 11) is 0. The van der Waals surface area contributed by atoms with Crippen LogP contribution in [0.5, 0.6) is 0 Å². The van der Waals surface area contributed by atoms with Gasteiger partial charge in [0.05, 0.1) is 36.7 Å². The van der Waals surface area contributed by atoms with E-state index in [1.54, 1.807) is 6.26 Å². The zero-order valence-electron chi connectivity index (χ0n) is 22.6. The maximum atomic E-state index is 12.4. The molecule has 1 aromatic rings. The third-order valence-corrected chi connectivity index (χ3v) is 11.3. The minimum Gasteiger partial charge on any atom is -0.431 e. The Morgan fingerprint density at radius 2 is 1.90 bits per heavy atom. The third kappa shape index (κ3) is 4.11. The summed E-state index contributed by atoms with van der Waals surface area (Å²) in [5.41, 5.74) is 9.61. The van der Waals surface area contributed by atoms with Crippen molar-refractivity contribution in [2.75, 3.05) is 6.61 Å². The standard InChI is InChI=1S/C29H39N3O7/c1-27-10-7-18(39-26-25(35)24(34)22(15-38-26)31-32-30)13-17(27)4-5-21-20(27)8-11-28(2)19(9-12-29(21,28)36)16-3-6-23(33)37-14-16/h3,6,13-14,18-22,24-26,34-36H,4-5,7-12,15H2,1-2H3/t18-,19+,20?,21?,22?,24-,25-,26?,27-,28+,29-/m0/s1. The highest BCUT2D eigenvalue weighted by Crippen LogP contribution is 2.70. The highest BCUT2D eigenvalue weighted by atomic mass is 16.7. The molecule has 2 heterocycles. The molecule has 10 heteroatoms. The van der Waals surface area contributed by atoms with Crippen molar-refractivity contribution in [3.63, 3.8) is 0 Å². The smallest absolute Gasteiger partial charge is 0.335 e. The summed E-state index contributed by atoms with van der Waals surface area (Å²) >= 11 is 0. The second-order valence-corrected chi connectivity index (χ2v) is 12.9. The Balaban J connectivity index is 1.19. The minimum absolute atomic E-state index is 0.00874. The highest BCUT2D eigenvalue weighted by Gasteiger charge is 2.66. The van der Waals surface area contributed by atoms with Gasteiger partial charge < -0.3 is 29.2 Å². The van der Waals surface area contributed by atoms with Crippen LogP contribution >= 0.6 is 0 Å². The zero-order chi connectivity index (χ0) is 27.6. The molecule has 39 heavy (non-hydrogen) atoms. The summed E-state index contributed by atoms with van der Waals surface area (Å²) in [5.74, 6) is 0.734. The summed E-state index contributed by atoms with van der Waals surface area (Å²) in [6.07, 6.45) is 7.07. The summed E-state index contributed by atoms with van der Waals surface area (Å²) in [4.78, 5) is 14.3. The Hall–Kier alpha value is -2.20. The number of rotatable bonds is 4. The number of hydrogen-bond donors (Lipinski definition) is 3. The molecule has 212 valence electrons. The predicted octanol–water partition coefficient (Wildman–Crippen LogP) is 3.94. The average molecular weight is 542 g/mol. The van der Waals surface area contributed by atoms with Crippen LogP contribution in [0, 0.1) is 22.7 Å². The van der Waals surface area contributed by atoms with E-state index in [2.05, 4.69) is 29.9 Å². The fraction of sp³-hybridized carbons (Fsp3) is 0.759. The molecule has 11 atom stereocenters. The van der Waals surface area contributed by atoms with Crippen LogP contribution in [0.1, 0.15) is 76.7 Å². The Morgan fingerprint density at radius 3 is 2.64 bits per heavy atom. The van der Waals surface area contributed by atoms with E-state index in [0.717, 1.165) is 56.9 Å². The van der Waals surface area contributed by atoms with Crippen LogP contribution in [0.3, 0.4) is 0 Å². The molecule has 0 bridgehead atoms. The number of nitrogens with zero attached hydrogens (tertiary/aromatic N) is 3. The van der Waals surface area contributed by atoms with Gasteiger partial charge in [0.25, 0.3) is 0 Å². The van der Waals surface area contributed by atoms with Crippen molar-refractivity contribution in [3.8, 4) is 0 Å². The van der Waals surface area contributed by atoms with Crippen LogP contribution in [0.2, 0.25) is 0 Å². The number of fused-ring (bicyclic) bond motifs is 5. The Labute approximate surface area is 227 Å². The number of aliphatic hydroxyl groups excluding tert-OH is 2. The molecule has 1 aromatic heterocycles. The first kappa shape index (κ1) is 27.0. The van der Waals surface area contributed by atoms with Gasteiger partial charge in [0.2, 0.25) is 0 Å². The first-order valence-electron chi connectivity index (χ1n) is 14.3. The van der Waals surface area contributed by atoms with Gasteiger partial charge >= 0.3 is 5.63 Å². The Kier molecular flexibility index (Phi) is 6.72. The van der Waals surface area contributed by atoms with Gasteiger partial charge in [0.1, 0.15) is 6.10 Å². The lowest BCUT2D eigenvalue weighted by Crippen LogP contribution is -2.60. The molecule has 4 unspecified atom stereocenters. The molecule has 1 aliphatic heterocycles. The number of ether oxygens (including phenoxy) is 2. The molecule has 4 fully saturated rings. The van der Waals surface area contributed by atoms with E-state index >= 15 is 0 Å². The number of hydrogen-bond acceptors (Lipinski definition) is 8. The minimum atomic E-state index is -1.30. The van der Waals surface area contributed by atoms with E-state index in [1.165, 1.54) is 11.6 Å². The number of allylic oxidation sites excluding steroid dienone is 1. The van der Waals surface area contributed by atoms with Crippen molar-refractivity contribution in [3.05, 3.63) is 56.5 Å². The molecule has 0 amide bonds. The van der Waals surface area contributed by atoms with Gasteiger partial charge in [-0.05, 0) is 91.7 Å². The van der Waals surface area contributed by atoms with Crippen LogP contribution in [0.25, 0.3) is 10.4 Å². The first-order chi connectivity index (χ1) is 18.6. The fourth-order valence-electron chi connectivity index (χ4n) is 9.11. The van der Waals surface area contributed by atoms with Gasteiger partial charge in [0.15, 0.2) is 6.29 Å². The summed E-state index contributed by atoms with van der Waals surface area (Å²) < 4.78 is 16.9. The molecule has 0 spiro atoms. The summed E-state index contributed by atoms with van der Waals surface area (Å²) in [6.45, 7) is 4.57. The Morgan fingerprint density at radius 1 is 1.08 bits per heavy atom. The van der Waals surface area contributed by atoms with Gasteiger partial charge in [-0.1, -0.05) is 30.6 Å². The molecule has 0 aromatic carbocycles. The van der Waals surface area contributed by atoms with Gasteiger partial charge in [0, 0.05) is 16.4 Å². The van der Waals surface area contributed by atoms with Crippen molar-refractivity contribution < 1.29 is 29.2 Å². The molecular weight excluding hydrogens is 502 g/mol. The van der Waals surface area contributed by atoms with E-state index < -0.39 is 30.1 Å². The molecule has 3 saturated carbocycles. The van der Waals surface area contributed by atoms with Crippen molar-refractivity contribution >= 4 is 0 Å². The number of aliphatic hydroxyl groups is 3. The van der Waals surface area contributed by atoms with Gasteiger partial charge in [-0.2, -0.15) is 0 Å². The lowest BCUT2D eigenvalue weighted by atomic mass is 9.45. The molecule has 0 radical (unpaired) electrons. The second-order valence-electron chi connectivity index (χ2n) is 12.9. The topological polar surface area (TPSA) is 158 Å². The lowest BCUT2D eigenvalue weighted by Gasteiger charge is -2.62. The van der Waals surface area contributed by atoms with Gasteiger partial charge in [-0.25, -0.2) is 4.79 Å². The molecule has 10 nitrogen and oxygen atoms in total. The normalized spacial score (nSPS) is 47.3. The van der Waals surface area contributed by atoms with Crippen molar-refractivity contribution in [1.29, 1.82) is 0 Å². The van der Waals surface area contributed by atoms with Gasteiger partial charge in [-0.15, -0.1) is 0 Å². The molecule has 4 aliphatic carbocycles. The molecule has 6 rings (SSSR count). The number of azide groups is 1. The average Bonchev–Trinajstić information content (AvgIpc) is 3.20. The maximum absolute atomic E-state index is 12.4. The van der Waals surface area contributed by atoms with E-state index in [1.807, 2.05) is 6.07 Å². The third-order valence-electron chi connectivity index (χ3n) is 11.3. The molecule has 3 N–H and O–H groups in total. The van der Waals surface area contributed by atoms with E-state index in [0.29, 0.717) is 5.92 Å². The largest absolute Gasteiger partial charge is 0.431 e. The maximum Gasteiger partial charge on any atom is 0.335 e. The quantitative estimate of drug-likeness (QED) is 0.225. The Bertz CT molecular complexity index is 1220. The summed E-state index contributed by atoms with van der Waals surface area (Å²) in [5, 5.41) is 36.7. The summed E-state index contributed by atoms with van der Waals surface area (Å²) in [6, 6.07) is 2.51. The SMILES string of the molecule is C[C@]12CC[C@H](OC3OCC(N=[N+]=[N-])[C@H](O)[C@@H]3O)C=C1CCC1C2CC[C@]2(C)[C@@H](c3ccc(=O)oc3)CC[C@]12O. The predicted molar refractivity (Wildman–Crippen MR) is 140 cm³/mol. The lowest BCUT2D eigenvalue weighted by molar-refractivity contribution is -0.259. The monoisotopic (exact) mass is 541 g/mol. The molecule has 5 aliphatic rings. The van der Waals surface area contributed by atoms with Crippen molar-refractivity contribution in [2.45, 2.75) is 107 Å². The van der Waals surface area contributed by atoms with Crippen molar-refractivity contribution in [1.82, 2.24) is 0 Å². The van der Waals surface area contributed by atoms with Crippen LogP contribution in [-0.4, -0.2) is 58.2 Å². The first-order valence-corrected chi connectivity index (χ1v) is 14.3. The van der Waals surface area contributed by atoms with Crippen molar-refractivity contribution in [2.24, 2.45) is 27.8 Å². The molecular formula is C29H39N3O7. The van der Waals surface area contributed by atoms with E-state index in [4.69, 9.17) is 19.4 Å². The zero-order valence-corrected chi connectivity index (χ0v) is 22.6. The molecule has 1 saturated heterocycles. The van der Waals surface area contributed by atoms with E-state index in [9.17, 15) is 20.1 Å². The van der Waals surface area contributed by atoms with Crippen LogP contribution in [0.4, 0.5) is 0 Å².